The fraction of sp³-hybridized carbons (Fsp3) is 0.0556. The summed E-state index contributed by atoms with van der Waals surface area (Å²) in [4.78, 5) is 13.4. The fourth-order valence-electron chi connectivity index (χ4n) is 3.32. The van der Waals surface area contributed by atoms with Crippen LogP contribution in [0.1, 0.15) is 5.56 Å². The molecule has 0 aliphatic rings. The second-order valence-electron chi connectivity index (χ2n) is 5.88. The summed E-state index contributed by atoms with van der Waals surface area (Å²) < 4.78 is 9.04. The maximum Gasteiger partial charge on any atom is 0.214 e. The summed E-state index contributed by atoms with van der Waals surface area (Å²) in [5.74, 6) is 0.730. The first-order valence-electron chi connectivity index (χ1n) is 8.02. The Labute approximate surface area is 157 Å². The zero-order valence-electron chi connectivity index (χ0n) is 14.0. The molecule has 1 N–H and O–H groups in total. The summed E-state index contributed by atoms with van der Waals surface area (Å²) in [6.45, 7) is 0. The Morgan fingerprint density at radius 1 is 1.15 bits per heavy atom. The lowest BCUT2D eigenvalue weighted by Crippen LogP contribution is -2.02. The Hall–Kier alpha value is -3.77. The second-order valence-corrected chi connectivity index (χ2v) is 6.26. The first-order valence-corrected chi connectivity index (χ1v) is 8.42. The summed E-state index contributed by atoms with van der Waals surface area (Å²) in [6.07, 6.45) is 5.04. The molecule has 4 heterocycles. The zero-order valence-corrected chi connectivity index (χ0v) is 14.9. The number of nitriles is 1. The van der Waals surface area contributed by atoms with E-state index in [0.29, 0.717) is 32.8 Å². The highest BCUT2D eigenvalue weighted by Crippen LogP contribution is 2.36. The average Bonchev–Trinajstić information content (AvgIpc) is 3.32. The van der Waals surface area contributed by atoms with Crippen LogP contribution in [0, 0.1) is 16.1 Å². The summed E-state index contributed by atoms with van der Waals surface area (Å²) in [7, 11) is 1.61. The number of aromatic nitrogens is 6. The minimum atomic E-state index is 0.342. The van der Waals surface area contributed by atoms with Crippen molar-refractivity contribution in [2.24, 2.45) is 0 Å². The van der Waals surface area contributed by atoms with Crippen LogP contribution in [0.5, 0.6) is 5.75 Å². The van der Waals surface area contributed by atoms with E-state index >= 15 is 0 Å². The molecule has 9 heteroatoms. The largest absolute Gasteiger partial charge is 0.497 e. The molecule has 8 nitrogen and oxygen atoms in total. The third-order valence-corrected chi connectivity index (χ3v) is 4.66. The van der Waals surface area contributed by atoms with Crippen LogP contribution < -0.4 is 4.74 Å². The van der Waals surface area contributed by atoms with Crippen molar-refractivity contribution < 1.29 is 4.74 Å². The lowest BCUT2D eigenvalue weighted by molar-refractivity contribution is 0.415. The number of ether oxygens (including phenoxy) is 1. The molecule has 0 bridgehead atoms. The van der Waals surface area contributed by atoms with Crippen molar-refractivity contribution in [1.29, 1.82) is 5.26 Å². The number of rotatable bonds is 2. The van der Waals surface area contributed by atoms with Gasteiger partial charge in [0.1, 0.15) is 23.7 Å². The number of methoxy groups -OCH3 is 1. The number of benzene rings is 1. The van der Waals surface area contributed by atoms with Gasteiger partial charge in [0.25, 0.3) is 0 Å². The van der Waals surface area contributed by atoms with Crippen LogP contribution in [0.3, 0.4) is 0 Å². The van der Waals surface area contributed by atoms with Gasteiger partial charge in [-0.2, -0.15) is 10.2 Å². The van der Waals surface area contributed by atoms with E-state index in [1.807, 2.05) is 24.3 Å². The van der Waals surface area contributed by atoms with Crippen molar-refractivity contribution in [3.8, 4) is 22.9 Å². The van der Waals surface area contributed by atoms with E-state index in [1.54, 1.807) is 34.7 Å². The lowest BCUT2D eigenvalue weighted by Gasteiger charge is -2.12. The molecule has 0 atom stereocenters. The molecule has 0 saturated heterocycles. The van der Waals surface area contributed by atoms with Crippen molar-refractivity contribution in [1.82, 2.24) is 29.0 Å². The number of imidazole rings is 1. The van der Waals surface area contributed by atoms with Gasteiger partial charge in [0, 0.05) is 18.0 Å². The molecule has 1 aromatic carbocycles. The molecule has 0 radical (unpaired) electrons. The van der Waals surface area contributed by atoms with Crippen molar-refractivity contribution in [3.05, 3.63) is 53.3 Å². The predicted octanol–water partition coefficient (Wildman–Crippen LogP) is 3.14. The van der Waals surface area contributed by atoms with E-state index in [1.165, 1.54) is 0 Å². The highest BCUT2D eigenvalue weighted by atomic mass is 32.1. The van der Waals surface area contributed by atoms with Gasteiger partial charge in [-0.05, 0) is 29.9 Å². The van der Waals surface area contributed by atoms with E-state index in [2.05, 4.69) is 26.1 Å². The molecule has 0 amide bonds. The average molecular weight is 373 g/mol. The van der Waals surface area contributed by atoms with Gasteiger partial charge in [0.2, 0.25) is 4.77 Å². The van der Waals surface area contributed by atoms with Gasteiger partial charge < -0.3 is 4.74 Å². The van der Waals surface area contributed by atoms with Gasteiger partial charge in [-0.1, -0.05) is 12.1 Å². The molecule has 5 aromatic rings. The number of hydrogen-bond acceptors (Lipinski definition) is 6. The Kier molecular flexibility index (Phi) is 3.22. The molecular weight excluding hydrogens is 362 g/mol. The van der Waals surface area contributed by atoms with Gasteiger partial charge in [0.05, 0.1) is 12.5 Å². The number of nitrogens with zero attached hydrogens (tertiary/aromatic N) is 6. The Bertz CT molecular complexity index is 1440. The standard InChI is InChI=1S/C18H11N7OS/c1-26-11-4-2-10(3-5-11)13-12(8-19)15-20-6-7-24(15)16-14(13)17-22-18(27)23-25(17)9-21-16/h2-7,9H,1H3,(H,23,27). The zero-order chi connectivity index (χ0) is 18.5. The third kappa shape index (κ3) is 2.14. The fourth-order valence-corrected chi connectivity index (χ4v) is 3.51. The van der Waals surface area contributed by atoms with Crippen LogP contribution in [-0.2, 0) is 0 Å². The molecule has 5 rings (SSSR count). The van der Waals surface area contributed by atoms with E-state index < -0.39 is 0 Å². The van der Waals surface area contributed by atoms with Crippen LogP contribution >= 0.6 is 12.2 Å². The Morgan fingerprint density at radius 2 is 1.96 bits per heavy atom. The summed E-state index contributed by atoms with van der Waals surface area (Å²) in [6, 6.07) is 9.80. The van der Waals surface area contributed by atoms with Crippen LogP contribution in [0.15, 0.2) is 43.0 Å². The number of hydrogen-bond donors (Lipinski definition) is 1. The van der Waals surface area contributed by atoms with Crippen molar-refractivity contribution in [3.63, 3.8) is 0 Å². The molecule has 4 aromatic heterocycles. The van der Waals surface area contributed by atoms with E-state index in [4.69, 9.17) is 17.0 Å². The van der Waals surface area contributed by atoms with Crippen LogP contribution in [0.2, 0.25) is 0 Å². The lowest BCUT2D eigenvalue weighted by atomic mass is 9.98. The van der Waals surface area contributed by atoms with Crippen LogP contribution in [-0.4, -0.2) is 36.1 Å². The Morgan fingerprint density at radius 3 is 2.70 bits per heavy atom. The highest BCUT2D eigenvalue weighted by Gasteiger charge is 2.21. The number of nitrogens with one attached hydrogen (secondary N) is 1. The molecule has 0 unspecified atom stereocenters. The molecule has 0 aliphatic heterocycles. The maximum atomic E-state index is 9.93. The smallest absolute Gasteiger partial charge is 0.214 e. The maximum absolute atomic E-state index is 9.93. The normalized spacial score (nSPS) is 11.3. The molecule has 0 spiro atoms. The summed E-state index contributed by atoms with van der Waals surface area (Å²) in [5, 5.41) is 13.6. The molecule has 130 valence electrons. The number of H-pyrrole nitrogens is 1. The van der Waals surface area contributed by atoms with E-state index in [9.17, 15) is 5.26 Å². The minimum absolute atomic E-state index is 0.342. The van der Waals surface area contributed by atoms with Gasteiger partial charge in [0.15, 0.2) is 16.9 Å². The Balaban J connectivity index is 2.05. The van der Waals surface area contributed by atoms with Crippen molar-refractivity contribution in [2.45, 2.75) is 0 Å². The summed E-state index contributed by atoms with van der Waals surface area (Å²) in [5.41, 5.74) is 3.78. The van der Waals surface area contributed by atoms with Crippen molar-refractivity contribution in [2.75, 3.05) is 7.11 Å². The van der Waals surface area contributed by atoms with Gasteiger partial charge in [-0.25, -0.2) is 14.5 Å². The second kappa shape index (κ2) is 5.62. The van der Waals surface area contributed by atoms with Crippen LogP contribution in [0.25, 0.3) is 33.5 Å². The van der Waals surface area contributed by atoms with Gasteiger partial charge in [-0.15, -0.1) is 0 Å². The number of aromatic amines is 1. The van der Waals surface area contributed by atoms with E-state index in [-0.39, 0.29) is 0 Å². The van der Waals surface area contributed by atoms with Crippen molar-refractivity contribution >= 4 is 34.5 Å². The molecule has 0 aliphatic carbocycles. The summed E-state index contributed by atoms with van der Waals surface area (Å²) >= 11 is 5.19. The molecule has 0 saturated carbocycles. The molecule has 27 heavy (non-hydrogen) atoms. The first kappa shape index (κ1) is 15.5. The topological polar surface area (TPSA) is 96.3 Å². The van der Waals surface area contributed by atoms with Gasteiger partial charge >= 0.3 is 0 Å². The number of fused-ring (bicyclic) bond motifs is 5. The third-order valence-electron chi connectivity index (χ3n) is 4.48. The predicted molar refractivity (Wildman–Crippen MR) is 101 cm³/mol. The van der Waals surface area contributed by atoms with Gasteiger partial charge in [-0.3, -0.25) is 9.50 Å². The molecule has 0 fully saturated rings. The first-order chi connectivity index (χ1) is 13.2. The highest BCUT2D eigenvalue weighted by molar-refractivity contribution is 7.71. The number of pyridine rings is 1. The quantitative estimate of drug-likeness (QED) is 0.478. The monoisotopic (exact) mass is 373 g/mol. The molecular formula is C18H11N7OS. The minimum Gasteiger partial charge on any atom is -0.497 e. The van der Waals surface area contributed by atoms with Crippen LogP contribution in [0.4, 0.5) is 0 Å². The SMILES string of the molecule is COc1ccc(-c2c(C#N)c3nccn3c3ncn4[nH]c(=S)nc4c23)cc1. The van der Waals surface area contributed by atoms with E-state index in [0.717, 1.165) is 16.7 Å².